The predicted octanol–water partition coefficient (Wildman–Crippen LogP) is 2.48. The summed E-state index contributed by atoms with van der Waals surface area (Å²) in [5.41, 5.74) is 1.08. The number of rotatable bonds is 6. The second-order valence-corrected chi connectivity index (χ2v) is 6.65. The molecule has 0 saturated carbocycles. The molecule has 0 aliphatic carbocycles. The highest BCUT2D eigenvalue weighted by atomic mass is 19.1. The molecule has 0 bridgehead atoms. The van der Waals surface area contributed by atoms with Crippen molar-refractivity contribution in [1.29, 1.82) is 0 Å². The maximum Gasteiger partial charge on any atom is 0.123 e. The first kappa shape index (κ1) is 17.1. The fourth-order valence-corrected chi connectivity index (χ4v) is 3.16. The second-order valence-electron chi connectivity index (χ2n) is 6.65. The molecule has 1 saturated heterocycles. The monoisotopic (exact) mass is 306 g/mol. The van der Waals surface area contributed by atoms with Crippen LogP contribution in [0.4, 0.5) is 4.39 Å². The Morgan fingerprint density at radius 1 is 1.23 bits per heavy atom. The van der Waals surface area contributed by atoms with Gasteiger partial charge in [0.25, 0.3) is 0 Å². The van der Waals surface area contributed by atoms with Gasteiger partial charge in [-0.05, 0) is 57.7 Å². The number of hydrogen-bond acceptors (Lipinski definition) is 3. The van der Waals surface area contributed by atoms with Crippen LogP contribution in [0.1, 0.15) is 18.4 Å². The number of halogens is 1. The lowest BCUT2D eigenvalue weighted by Crippen LogP contribution is -2.46. The minimum Gasteiger partial charge on any atom is -0.396 e. The third kappa shape index (κ3) is 4.90. The van der Waals surface area contributed by atoms with E-state index in [1.165, 1.54) is 12.1 Å². The molecule has 1 fully saturated rings. The Morgan fingerprint density at radius 3 is 2.41 bits per heavy atom. The zero-order valence-corrected chi connectivity index (χ0v) is 13.6. The average molecular weight is 306 g/mol. The number of benzene rings is 1. The van der Waals surface area contributed by atoms with Crippen LogP contribution in [0.5, 0.6) is 0 Å². The number of aliphatic hydroxyl groups excluding tert-OH is 1. The zero-order chi connectivity index (χ0) is 16.0. The van der Waals surface area contributed by atoms with E-state index in [-0.39, 0.29) is 17.8 Å². The molecule has 122 valence electrons. The number of nitrogens with zero attached hydrogens (tertiary/aromatic N) is 2. The summed E-state index contributed by atoms with van der Waals surface area (Å²) in [6.07, 6.45) is 6.23. The summed E-state index contributed by atoms with van der Waals surface area (Å²) < 4.78 is 12.8. The second kappa shape index (κ2) is 7.86. The molecule has 0 unspecified atom stereocenters. The summed E-state index contributed by atoms with van der Waals surface area (Å²) in [5.74, 6) is -0.200. The van der Waals surface area contributed by atoms with Crippen LogP contribution in [0.15, 0.2) is 30.3 Å². The lowest BCUT2D eigenvalue weighted by Gasteiger charge is -2.42. The van der Waals surface area contributed by atoms with E-state index in [4.69, 9.17) is 0 Å². The summed E-state index contributed by atoms with van der Waals surface area (Å²) in [5, 5.41) is 9.73. The first-order chi connectivity index (χ1) is 10.5. The van der Waals surface area contributed by atoms with Crippen molar-refractivity contribution >= 4 is 6.08 Å². The SMILES string of the molecule is CN(C)CC1(CO)CCN(C/C=C/c2ccc(F)cc2)CC1. The number of aliphatic hydroxyl groups is 1. The van der Waals surface area contributed by atoms with Crippen LogP contribution >= 0.6 is 0 Å². The van der Waals surface area contributed by atoms with Crippen LogP contribution in [0.2, 0.25) is 0 Å². The highest BCUT2D eigenvalue weighted by Gasteiger charge is 2.34. The van der Waals surface area contributed by atoms with Gasteiger partial charge in [0.1, 0.15) is 5.82 Å². The van der Waals surface area contributed by atoms with Gasteiger partial charge in [-0.15, -0.1) is 0 Å². The van der Waals surface area contributed by atoms with Gasteiger partial charge in [0.05, 0.1) is 6.61 Å². The molecule has 1 aromatic rings. The van der Waals surface area contributed by atoms with Gasteiger partial charge < -0.3 is 10.0 Å². The molecule has 0 amide bonds. The van der Waals surface area contributed by atoms with Crippen LogP contribution in [0.3, 0.4) is 0 Å². The van der Waals surface area contributed by atoms with Crippen LogP contribution in [-0.4, -0.2) is 61.8 Å². The number of piperidine rings is 1. The highest BCUT2D eigenvalue weighted by molar-refractivity contribution is 5.48. The minimum absolute atomic E-state index is 0.0562. The summed E-state index contributed by atoms with van der Waals surface area (Å²) in [6, 6.07) is 6.54. The molecule has 1 heterocycles. The van der Waals surface area contributed by atoms with Gasteiger partial charge in [0, 0.05) is 18.5 Å². The maximum atomic E-state index is 12.8. The van der Waals surface area contributed by atoms with E-state index in [1.807, 2.05) is 6.08 Å². The Kier molecular flexibility index (Phi) is 6.12. The molecule has 1 N–H and O–H groups in total. The first-order valence-corrected chi connectivity index (χ1v) is 7.93. The van der Waals surface area contributed by atoms with E-state index >= 15 is 0 Å². The van der Waals surface area contributed by atoms with Crippen molar-refractivity contribution in [2.24, 2.45) is 5.41 Å². The molecule has 2 rings (SSSR count). The minimum atomic E-state index is -0.200. The molecule has 0 aromatic heterocycles. The van der Waals surface area contributed by atoms with Crippen LogP contribution < -0.4 is 0 Å². The van der Waals surface area contributed by atoms with Crippen molar-refractivity contribution in [2.45, 2.75) is 12.8 Å². The van der Waals surface area contributed by atoms with E-state index in [9.17, 15) is 9.50 Å². The van der Waals surface area contributed by atoms with Crippen molar-refractivity contribution in [3.63, 3.8) is 0 Å². The summed E-state index contributed by atoms with van der Waals surface area (Å²) in [6.45, 7) is 4.15. The molecule has 3 nitrogen and oxygen atoms in total. The van der Waals surface area contributed by atoms with Crippen molar-refractivity contribution in [3.8, 4) is 0 Å². The smallest absolute Gasteiger partial charge is 0.123 e. The van der Waals surface area contributed by atoms with Crippen LogP contribution in [0.25, 0.3) is 6.08 Å². The normalized spacial score (nSPS) is 19.1. The standard InChI is InChI=1S/C18H27FN2O/c1-20(2)14-18(15-22)9-12-21(13-10-18)11-3-4-16-5-7-17(19)8-6-16/h3-8,22H,9-15H2,1-2H3/b4-3+. The zero-order valence-electron chi connectivity index (χ0n) is 13.6. The third-order valence-corrected chi connectivity index (χ3v) is 4.45. The van der Waals surface area contributed by atoms with E-state index < -0.39 is 0 Å². The molecule has 1 aliphatic heterocycles. The fourth-order valence-electron chi connectivity index (χ4n) is 3.16. The molecule has 1 aliphatic rings. The van der Waals surface area contributed by atoms with Crippen LogP contribution in [-0.2, 0) is 0 Å². The lowest BCUT2D eigenvalue weighted by atomic mass is 9.78. The van der Waals surface area contributed by atoms with Gasteiger partial charge in [0.2, 0.25) is 0 Å². The number of likely N-dealkylation sites (tertiary alicyclic amines) is 1. The predicted molar refractivity (Wildman–Crippen MR) is 89.2 cm³/mol. The van der Waals surface area contributed by atoms with E-state index in [0.717, 1.165) is 44.6 Å². The molecule has 0 atom stereocenters. The Balaban J connectivity index is 1.80. The highest BCUT2D eigenvalue weighted by Crippen LogP contribution is 2.31. The molecule has 1 aromatic carbocycles. The van der Waals surface area contributed by atoms with E-state index in [0.29, 0.717) is 0 Å². The quantitative estimate of drug-likeness (QED) is 0.875. The van der Waals surface area contributed by atoms with Crippen molar-refractivity contribution in [2.75, 3.05) is 46.9 Å². The van der Waals surface area contributed by atoms with Crippen molar-refractivity contribution < 1.29 is 9.50 Å². The molecule has 0 radical (unpaired) electrons. The van der Waals surface area contributed by atoms with Crippen LogP contribution in [0, 0.1) is 11.2 Å². The van der Waals surface area contributed by atoms with Gasteiger partial charge in [-0.2, -0.15) is 0 Å². The summed E-state index contributed by atoms with van der Waals surface area (Å²) in [4.78, 5) is 4.57. The van der Waals surface area contributed by atoms with Gasteiger partial charge in [-0.3, -0.25) is 4.90 Å². The van der Waals surface area contributed by atoms with E-state index in [1.54, 1.807) is 12.1 Å². The molecular weight excluding hydrogens is 279 g/mol. The van der Waals surface area contributed by atoms with Crippen molar-refractivity contribution in [3.05, 3.63) is 41.7 Å². The molecule has 22 heavy (non-hydrogen) atoms. The van der Waals surface area contributed by atoms with E-state index in [2.05, 4.69) is 30.0 Å². The Labute approximate surface area is 133 Å². The third-order valence-electron chi connectivity index (χ3n) is 4.45. The Bertz CT molecular complexity index is 476. The molecule has 0 spiro atoms. The van der Waals surface area contributed by atoms with Gasteiger partial charge in [-0.25, -0.2) is 4.39 Å². The van der Waals surface area contributed by atoms with Gasteiger partial charge >= 0.3 is 0 Å². The summed E-state index contributed by atoms with van der Waals surface area (Å²) >= 11 is 0. The fraction of sp³-hybridized carbons (Fsp3) is 0.556. The largest absolute Gasteiger partial charge is 0.396 e. The Morgan fingerprint density at radius 2 is 1.86 bits per heavy atom. The topological polar surface area (TPSA) is 26.7 Å². The van der Waals surface area contributed by atoms with Gasteiger partial charge in [-0.1, -0.05) is 24.3 Å². The van der Waals surface area contributed by atoms with Crippen molar-refractivity contribution in [1.82, 2.24) is 9.80 Å². The molecule has 4 heteroatoms. The molecular formula is C18H27FN2O. The Hall–Kier alpha value is -1.23. The lowest BCUT2D eigenvalue weighted by molar-refractivity contribution is 0.0276. The number of hydrogen-bond donors (Lipinski definition) is 1. The maximum absolute atomic E-state index is 12.8. The van der Waals surface area contributed by atoms with Gasteiger partial charge in [0.15, 0.2) is 0 Å². The first-order valence-electron chi connectivity index (χ1n) is 7.93. The average Bonchev–Trinajstić information content (AvgIpc) is 2.50. The summed E-state index contributed by atoms with van der Waals surface area (Å²) in [7, 11) is 4.13.